The first-order chi connectivity index (χ1) is 6.54. The molecule has 1 saturated carbocycles. The van der Waals surface area contributed by atoms with Crippen LogP contribution in [0, 0.1) is 17.7 Å². The highest BCUT2D eigenvalue weighted by atomic mass is 16.3. The molecule has 0 amide bonds. The van der Waals surface area contributed by atoms with E-state index in [9.17, 15) is 5.11 Å². The summed E-state index contributed by atoms with van der Waals surface area (Å²) in [5.41, 5.74) is 0. The Morgan fingerprint density at radius 3 is 2.73 bits per heavy atom. The number of rotatable bonds is 1. The van der Waals surface area contributed by atoms with Crippen molar-refractivity contribution in [3.63, 3.8) is 0 Å². The van der Waals surface area contributed by atoms with Gasteiger partial charge in [-0.25, -0.2) is 0 Å². The second kappa shape index (κ2) is 3.57. The largest absolute Gasteiger partial charge is 0.393 e. The number of aliphatic hydroxyl groups is 1. The van der Waals surface area contributed by atoms with Crippen molar-refractivity contribution >= 4 is 0 Å². The zero-order valence-corrected chi connectivity index (χ0v) is 7.52. The fourth-order valence-electron chi connectivity index (χ4n) is 1.53. The third kappa shape index (κ3) is 2.19. The normalized spacial score (nSPS) is 62.8. The Morgan fingerprint density at radius 2 is 2.18 bits per heavy atom. The lowest BCUT2D eigenvalue weighted by atomic mass is 9.75. The van der Waals surface area contributed by atoms with Crippen LogP contribution in [-0.4, -0.2) is 11.2 Å². The monoisotopic (exact) mass is 160 g/mol. The molecular formula is C10H20O. The molecule has 0 radical (unpaired) electrons. The molecule has 1 aliphatic carbocycles. The van der Waals surface area contributed by atoms with Crippen molar-refractivity contribution in [2.75, 3.05) is 0 Å². The first-order valence-corrected chi connectivity index (χ1v) is 4.26. The average Bonchev–Trinajstić information content (AvgIpc) is 2.00. The van der Waals surface area contributed by atoms with Gasteiger partial charge in [0, 0.05) is 4.11 Å². The van der Waals surface area contributed by atoms with Crippen LogP contribution >= 0.6 is 0 Å². The predicted octanol–water partition coefficient (Wildman–Crippen LogP) is 2.44. The van der Waals surface area contributed by atoms with Gasteiger partial charge >= 0.3 is 0 Å². The maximum atomic E-state index is 10.0. The summed E-state index contributed by atoms with van der Waals surface area (Å²) in [5.74, 6) is -1.72. The van der Waals surface area contributed by atoms with Crippen LogP contribution in [0.2, 0.25) is 0 Å². The standard InChI is InChI=1S/C10H20O/c1-7(2)9-5-4-8(3)6-10(9)11/h7-11H,4-6H2,1-3H3/i6D2,8D,10D. The second-order valence-electron chi connectivity index (χ2n) is 3.68. The third-order valence-corrected chi connectivity index (χ3v) is 2.33. The highest BCUT2D eigenvalue weighted by molar-refractivity contribution is 4.79. The summed E-state index contributed by atoms with van der Waals surface area (Å²) >= 11 is 0. The lowest BCUT2D eigenvalue weighted by Crippen LogP contribution is -2.31. The quantitative estimate of drug-likeness (QED) is 0.624. The van der Waals surface area contributed by atoms with Gasteiger partial charge < -0.3 is 5.11 Å². The highest BCUT2D eigenvalue weighted by Gasteiger charge is 2.28. The SMILES string of the molecule is [2H]C1(C)CCC(C(C)C)C([2H])(O)C1([2H])[2H]. The molecule has 0 bridgehead atoms. The Kier molecular flexibility index (Phi) is 1.58. The summed E-state index contributed by atoms with van der Waals surface area (Å²) in [6, 6.07) is 0. The van der Waals surface area contributed by atoms with Gasteiger partial charge in [0.25, 0.3) is 0 Å². The van der Waals surface area contributed by atoms with E-state index in [4.69, 9.17) is 5.48 Å². The van der Waals surface area contributed by atoms with E-state index in [0.717, 1.165) is 0 Å². The van der Waals surface area contributed by atoms with Crippen molar-refractivity contribution in [3.05, 3.63) is 0 Å². The average molecular weight is 160 g/mol. The van der Waals surface area contributed by atoms with Gasteiger partial charge in [0.1, 0.15) is 0 Å². The summed E-state index contributed by atoms with van der Waals surface area (Å²) in [6.45, 7) is 5.22. The molecule has 11 heavy (non-hydrogen) atoms. The van der Waals surface area contributed by atoms with Gasteiger partial charge in [0.05, 0.1) is 7.45 Å². The topological polar surface area (TPSA) is 20.2 Å². The van der Waals surface area contributed by atoms with E-state index in [1.165, 1.54) is 6.92 Å². The van der Waals surface area contributed by atoms with Gasteiger partial charge in [0.15, 0.2) is 0 Å². The molecule has 0 aliphatic heterocycles. The molecule has 1 rings (SSSR count). The number of hydrogen-bond donors (Lipinski definition) is 1. The molecule has 3 atom stereocenters. The fourth-order valence-corrected chi connectivity index (χ4v) is 1.53. The van der Waals surface area contributed by atoms with E-state index in [0.29, 0.717) is 12.8 Å². The van der Waals surface area contributed by atoms with Crippen molar-refractivity contribution in [3.8, 4) is 0 Å². The van der Waals surface area contributed by atoms with Crippen LogP contribution in [0.15, 0.2) is 0 Å². The predicted molar refractivity (Wildman–Crippen MR) is 47.3 cm³/mol. The van der Waals surface area contributed by atoms with E-state index in [-0.39, 0.29) is 5.92 Å². The van der Waals surface area contributed by atoms with E-state index in [1.807, 2.05) is 13.8 Å². The van der Waals surface area contributed by atoms with E-state index in [1.54, 1.807) is 0 Å². The lowest BCUT2D eigenvalue weighted by molar-refractivity contribution is 0.0266. The Morgan fingerprint density at radius 1 is 1.55 bits per heavy atom. The van der Waals surface area contributed by atoms with Gasteiger partial charge in [-0.05, 0) is 30.5 Å². The molecule has 1 heteroatoms. The number of hydrogen-bond acceptors (Lipinski definition) is 1. The molecular weight excluding hydrogens is 136 g/mol. The smallest absolute Gasteiger partial charge is 0.0604 e. The molecule has 0 heterocycles. The van der Waals surface area contributed by atoms with Crippen LogP contribution in [0.3, 0.4) is 0 Å². The molecule has 1 nitrogen and oxygen atoms in total. The Balaban J connectivity index is 3.09. The Bertz CT molecular complexity index is 248. The molecule has 66 valence electrons. The highest BCUT2D eigenvalue weighted by Crippen LogP contribution is 2.33. The summed E-state index contributed by atoms with van der Waals surface area (Å²) < 4.78 is 31.3. The summed E-state index contributed by atoms with van der Waals surface area (Å²) in [7, 11) is 0. The van der Waals surface area contributed by atoms with Gasteiger partial charge in [0.2, 0.25) is 0 Å². The molecule has 0 spiro atoms. The van der Waals surface area contributed by atoms with Crippen LogP contribution in [0.25, 0.3) is 0 Å². The Labute approximate surface area is 75.4 Å². The van der Waals surface area contributed by atoms with Crippen LogP contribution in [0.5, 0.6) is 0 Å². The van der Waals surface area contributed by atoms with Crippen LogP contribution in [0.4, 0.5) is 0 Å². The van der Waals surface area contributed by atoms with Gasteiger partial charge in [-0.1, -0.05) is 27.2 Å². The zero-order chi connectivity index (χ0) is 12.1. The van der Waals surface area contributed by atoms with Gasteiger partial charge in [-0.15, -0.1) is 0 Å². The first-order valence-electron chi connectivity index (χ1n) is 6.26. The molecule has 1 fully saturated rings. The summed E-state index contributed by atoms with van der Waals surface area (Å²) in [5, 5.41) is 10.0. The van der Waals surface area contributed by atoms with Gasteiger partial charge in [-0.3, -0.25) is 0 Å². The first kappa shape index (κ1) is 4.86. The van der Waals surface area contributed by atoms with Crippen molar-refractivity contribution < 1.29 is 10.6 Å². The molecule has 0 aromatic heterocycles. The third-order valence-electron chi connectivity index (χ3n) is 2.33. The van der Waals surface area contributed by atoms with Gasteiger partial charge in [-0.2, -0.15) is 0 Å². The molecule has 1 aliphatic rings. The van der Waals surface area contributed by atoms with E-state index < -0.39 is 24.3 Å². The summed E-state index contributed by atoms with van der Waals surface area (Å²) in [6.07, 6.45) is -3.41. The van der Waals surface area contributed by atoms with Crippen LogP contribution in [0.1, 0.15) is 45.5 Å². The van der Waals surface area contributed by atoms with E-state index >= 15 is 0 Å². The van der Waals surface area contributed by atoms with E-state index in [2.05, 4.69) is 0 Å². The van der Waals surface area contributed by atoms with Crippen molar-refractivity contribution in [2.24, 2.45) is 17.7 Å². The maximum Gasteiger partial charge on any atom is 0.0604 e. The molecule has 3 unspecified atom stereocenters. The van der Waals surface area contributed by atoms with Crippen molar-refractivity contribution in [1.82, 2.24) is 0 Å². The van der Waals surface area contributed by atoms with Crippen LogP contribution in [-0.2, 0) is 0 Å². The minimum absolute atomic E-state index is 0.0543. The Hall–Kier alpha value is -0.0400. The summed E-state index contributed by atoms with van der Waals surface area (Å²) in [4.78, 5) is 0. The van der Waals surface area contributed by atoms with Crippen molar-refractivity contribution in [1.29, 1.82) is 0 Å². The molecule has 0 aromatic rings. The lowest BCUT2D eigenvalue weighted by Gasteiger charge is -2.33. The fraction of sp³-hybridized carbons (Fsp3) is 1.00. The van der Waals surface area contributed by atoms with Crippen molar-refractivity contribution in [2.45, 2.75) is 46.1 Å². The van der Waals surface area contributed by atoms with Crippen LogP contribution < -0.4 is 0 Å². The minimum atomic E-state index is -2.19. The maximum absolute atomic E-state index is 10.0. The zero-order valence-electron chi connectivity index (χ0n) is 11.5. The second-order valence-corrected chi connectivity index (χ2v) is 3.68. The molecule has 0 saturated heterocycles. The molecule has 0 aromatic carbocycles. The molecule has 1 N–H and O–H groups in total. The minimum Gasteiger partial charge on any atom is -0.393 e.